The van der Waals surface area contributed by atoms with Gasteiger partial charge in [0.25, 0.3) is 0 Å². The molecule has 4 atom stereocenters. The van der Waals surface area contributed by atoms with E-state index < -0.39 is 5.72 Å². The first-order valence-electron chi connectivity index (χ1n) is 7.89. The highest BCUT2D eigenvalue weighted by molar-refractivity contribution is 7.80. The molecule has 0 amide bonds. The standard InChI is InChI=1S/C17H20FN3OS/c1-9-13-14-12(16(14,2)3)8-17(13,22)21(20-9)15(23)19-11-6-4-10(18)5-7-11/h4-7,12-14,22H,8H2,1-3H3,(H,19,23)/t12-,13+,14-,17-/m1/s1. The van der Waals surface area contributed by atoms with Crippen molar-refractivity contribution in [2.45, 2.75) is 32.9 Å². The lowest BCUT2D eigenvalue weighted by molar-refractivity contribution is -0.0845. The van der Waals surface area contributed by atoms with Crippen LogP contribution >= 0.6 is 12.2 Å². The molecule has 3 aliphatic rings. The number of benzene rings is 1. The van der Waals surface area contributed by atoms with Gasteiger partial charge in [0.05, 0.1) is 5.92 Å². The first kappa shape index (κ1) is 15.0. The van der Waals surface area contributed by atoms with Crippen molar-refractivity contribution < 1.29 is 9.50 Å². The summed E-state index contributed by atoms with van der Waals surface area (Å²) in [7, 11) is 0. The fourth-order valence-corrected chi connectivity index (χ4v) is 4.94. The molecule has 1 heterocycles. The predicted octanol–water partition coefficient (Wildman–Crippen LogP) is 3.19. The van der Waals surface area contributed by atoms with Crippen LogP contribution in [0.5, 0.6) is 0 Å². The molecule has 23 heavy (non-hydrogen) atoms. The number of anilines is 1. The summed E-state index contributed by atoms with van der Waals surface area (Å²) in [5.41, 5.74) is 0.864. The number of hydrogen-bond donors (Lipinski definition) is 2. The van der Waals surface area contributed by atoms with E-state index in [1.54, 1.807) is 17.1 Å². The van der Waals surface area contributed by atoms with E-state index in [2.05, 4.69) is 24.3 Å². The fraction of sp³-hybridized carbons (Fsp3) is 0.529. The van der Waals surface area contributed by atoms with Crippen LogP contribution in [-0.2, 0) is 0 Å². The molecule has 1 aromatic carbocycles. The van der Waals surface area contributed by atoms with Crippen LogP contribution in [0, 0.1) is 29.0 Å². The maximum atomic E-state index is 13.0. The summed E-state index contributed by atoms with van der Waals surface area (Å²) in [5, 5.41) is 20.7. The van der Waals surface area contributed by atoms with Crippen molar-refractivity contribution in [2.75, 3.05) is 5.32 Å². The molecule has 4 nitrogen and oxygen atoms in total. The smallest absolute Gasteiger partial charge is 0.196 e. The Morgan fingerprint density at radius 2 is 2.04 bits per heavy atom. The topological polar surface area (TPSA) is 47.9 Å². The Bertz CT molecular complexity index is 717. The van der Waals surface area contributed by atoms with Gasteiger partial charge < -0.3 is 10.4 Å². The molecule has 0 saturated heterocycles. The number of halogens is 1. The van der Waals surface area contributed by atoms with Gasteiger partial charge in [0.2, 0.25) is 0 Å². The number of aliphatic hydroxyl groups is 1. The third-order valence-corrected chi connectivity index (χ3v) is 6.15. The summed E-state index contributed by atoms with van der Waals surface area (Å²) in [6.07, 6.45) is 0.682. The number of thiocarbonyl (C=S) groups is 1. The monoisotopic (exact) mass is 333 g/mol. The lowest BCUT2D eigenvalue weighted by Crippen LogP contribution is -2.51. The van der Waals surface area contributed by atoms with Crippen molar-refractivity contribution in [1.82, 2.24) is 5.01 Å². The van der Waals surface area contributed by atoms with E-state index in [1.807, 2.05) is 6.92 Å². The highest BCUT2D eigenvalue weighted by Crippen LogP contribution is 2.73. The van der Waals surface area contributed by atoms with Gasteiger partial charge in [-0.1, -0.05) is 13.8 Å². The van der Waals surface area contributed by atoms with Crippen LogP contribution < -0.4 is 5.32 Å². The molecular weight excluding hydrogens is 313 g/mol. The number of rotatable bonds is 1. The summed E-state index contributed by atoms with van der Waals surface area (Å²) in [5.74, 6) is 0.720. The number of hydrogen-bond acceptors (Lipinski definition) is 3. The SMILES string of the molecule is CC1=NN(C(=S)Nc2ccc(F)cc2)[C@@]2(O)C[C@@H]3[C@H]([C@H]12)C3(C)C. The Balaban J connectivity index is 1.56. The predicted molar refractivity (Wildman–Crippen MR) is 91.4 cm³/mol. The molecular formula is C17H20FN3OS. The molecule has 1 aliphatic heterocycles. The van der Waals surface area contributed by atoms with Crippen LogP contribution in [0.2, 0.25) is 0 Å². The van der Waals surface area contributed by atoms with Gasteiger partial charge >= 0.3 is 0 Å². The van der Waals surface area contributed by atoms with Crippen LogP contribution in [0.15, 0.2) is 29.4 Å². The van der Waals surface area contributed by atoms with E-state index >= 15 is 0 Å². The zero-order valence-electron chi connectivity index (χ0n) is 13.4. The zero-order valence-corrected chi connectivity index (χ0v) is 14.2. The second-order valence-electron chi connectivity index (χ2n) is 7.50. The van der Waals surface area contributed by atoms with Gasteiger partial charge in [-0.2, -0.15) is 5.10 Å². The van der Waals surface area contributed by atoms with E-state index in [1.165, 1.54) is 12.1 Å². The van der Waals surface area contributed by atoms with Crippen LogP contribution in [0.25, 0.3) is 0 Å². The zero-order chi connectivity index (χ0) is 16.6. The molecule has 2 saturated carbocycles. The first-order chi connectivity index (χ1) is 10.7. The van der Waals surface area contributed by atoms with Gasteiger partial charge in [0.1, 0.15) is 5.82 Å². The second kappa shape index (κ2) is 4.51. The van der Waals surface area contributed by atoms with Crippen molar-refractivity contribution in [2.24, 2.45) is 28.3 Å². The molecule has 0 radical (unpaired) electrons. The van der Waals surface area contributed by atoms with Crippen LogP contribution in [0.1, 0.15) is 27.2 Å². The molecule has 1 aromatic rings. The highest BCUT2D eigenvalue weighted by Gasteiger charge is 2.75. The Labute approximate surface area is 140 Å². The first-order valence-corrected chi connectivity index (χ1v) is 8.30. The van der Waals surface area contributed by atoms with Crippen molar-refractivity contribution in [3.8, 4) is 0 Å². The van der Waals surface area contributed by atoms with Gasteiger partial charge in [-0.15, -0.1) is 0 Å². The van der Waals surface area contributed by atoms with E-state index in [-0.39, 0.29) is 17.2 Å². The largest absolute Gasteiger partial charge is 0.368 e. The lowest BCUT2D eigenvalue weighted by Gasteiger charge is -2.36. The average molecular weight is 333 g/mol. The third kappa shape index (κ3) is 1.97. The Hall–Kier alpha value is -1.53. The molecule has 2 aliphatic carbocycles. The maximum Gasteiger partial charge on any atom is 0.196 e. The molecule has 122 valence electrons. The maximum absolute atomic E-state index is 13.0. The van der Waals surface area contributed by atoms with Gasteiger partial charge in [-0.05, 0) is 60.7 Å². The van der Waals surface area contributed by atoms with Crippen molar-refractivity contribution in [3.05, 3.63) is 30.1 Å². The van der Waals surface area contributed by atoms with E-state index in [0.29, 0.717) is 29.1 Å². The van der Waals surface area contributed by atoms with Gasteiger partial charge in [0, 0.05) is 17.8 Å². The molecule has 2 fully saturated rings. The molecule has 0 spiro atoms. The molecule has 0 bridgehead atoms. The normalized spacial score (nSPS) is 36.3. The number of fused-ring (bicyclic) bond motifs is 3. The van der Waals surface area contributed by atoms with Crippen molar-refractivity contribution in [3.63, 3.8) is 0 Å². The van der Waals surface area contributed by atoms with Crippen LogP contribution in [0.4, 0.5) is 10.1 Å². The number of nitrogens with one attached hydrogen (secondary N) is 1. The van der Waals surface area contributed by atoms with Crippen LogP contribution in [0.3, 0.4) is 0 Å². The lowest BCUT2D eigenvalue weighted by atomic mass is 9.84. The molecule has 4 rings (SSSR count). The Kier molecular flexibility index (Phi) is 2.95. The summed E-state index contributed by atoms with van der Waals surface area (Å²) in [6, 6.07) is 5.97. The van der Waals surface area contributed by atoms with E-state index in [9.17, 15) is 9.50 Å². The quantitative estimate of drug-likeness (QED) is 0.775. The number of nitrogens with zero attached hydrogens (tertiary/aromatic N) is 2. The summed E-state index contributed by atoms with van der Waals surface area (Å²) >= 11 is 5.44. The Morgan fingerprint density at radius 1 is 1.39 bits per heavy atom. The van der Waals surface area contributed by atoms with E-state index in [4.69, 9.17) is 12.2 Å². The molecule has 6 heteroatoms. The minimum absolute atomic E-state index is 0.0375. The van der Waals surface area contributed by atoms with Gasteiger partial charge in [-0.25, -0.2) is 9.40 Å². The number of hydrazone groups is 1. The van der Waals surface area contributed by atoms with E-state index in [0.717, 1.165) is 5.71 Å². The third-order valence-electron chi connectivity index (χ3n) is 5.88. The average Bonchev–Trinajstić information content (AvgIpc) is 2.79. The summed E-state index contributed by atoms with van der Waals surface area (Å²) in [4.78, 5) is 0. The minimum Gasteiger partial charge on any atom is -0.368 e. The van der Waals surface area contributed by atoms with Crippen LogP contribution in [-0.4, -0.2) is 26.7 Å². The molecule has 2 N–H and O–H groups in total. The molecule has 0 unspecified atom stereocenters. The summed E-state index contributed by atoms with van der Waals surface area (Å²) < 4.78 is 13.0. The highest BCUT2D eigenvalue weighted by atomic mass is 32.1. The van der Waals surface area contributed by atoms with Crippen molar-refractivity contribution >= 4 is 28.7 Å². The van der Waals surface area contributed by atoms with Crippen molar-refractivity contribution in [1.29, 1.82) is 0 Å². The molecule has 0 aromatic heterocycles. The second-order valence-corrected chi connectivity index (χ2v) is 7.89. The fourth-order valence-electron chi connectivity index (χ4n) is 4.63. The van der Waals surface area contributed by atoms with Gasteiger partial charge in [-0.3, -0.25) is 0 Å². The van der Waals surface area contributed by atoms with Gasteiger partial charge in [0.15, 0.2) is 10.8 Å². The minimum atomic E-state index is -1.03. The summed E-state index contributed by atoms with van der Waals surface area (Å²) in [6.45, 7) is 6.48. The Morgan fingerprint density at radius 3 is 2.70 bits per heavy atom.